The lowest BCUT2D eigenvalue weighted by atomic mass is 10.2. The first-order valence-electron chi connectivity index (χ1n) is 8.53. The fraction of sp³-hybridized carbons (Fsp3) is 0.150. The van der Waals surface area contributed by atoms with E-state index >= 15 is 0 Å². The van der Waals surface area contributed by atoms with Gasteiger partial charge in [-0.3, -0.25) is 14.2 Å². The standard InChI is InChI=1S/C20H19ClN4O2S/c1-13-16(21)4-3-5-17(13)25-11-10-23-20(25)28-12-18(26)24-15-8-6-14(7-9-15)19(27)22-2/h3-11H,12H2,1-2H3,(H,22,27)(H,24,26). The van der Waals surface area contributed by atoms with E-state index in [1.807, 2.05) is 35.9 Å². The van der Waals surface area contributed by atoms with Gasteiger partial charge in [-0.2, -0.15) is 0 Å². The second-order valence-corrected chi connectivity index (χ2v) is 7.31. The Morgan fingerprint density at radius 3 is 2.64 bits per heavy atom. The summed E-state index contributed by atoms with van der Waals surface area (Å²) >= 11 is 7.55. The Hall–Kier alpha value is -2.77. The number of carbonyl (C=O) groups excluding carboxylic acids is 2. The molecule has 0 saturated carbocycles. The number of halogens is 1. The van der Waals surface area contributed by atoms with Crippen LogP contribution in [-0.2, 0) is 4.79 Å². The van der Waals surface area contributed by atoms with Gasteiger partial charge in [-0.25, -0.2) is 4.98 Å². The van der Waals surface area contributed by atoms with Gasteiger partial charge < -0.3 is 10.6 Å². The van der Waals surface area contributed by atoms with Gasteiger partial charge in [0.05, 0.1) is 11.4 Å². The number of carbonyl (C=O) groups is 2. The first-order valence-corrected chi connectivity index (χ1v) is 9.89. The maximum Gasteiger partial charge on any atom is 0.251 e. The molecule has 2 amide bonds. The van der Waals surface area contributed by atoms with Crippen LogP contribution in [0.15, 0.2) is 60.0 Å². The number of nitrogens with one attached hydrogen (secondary N) is 2. The normalized spacial score (nSPS) is 10.5. The SMILES string of the molecule is CNC(=O)c1ccc(NC(=O)CSc2nccn2-c2cccc(Cl)c2C)cc1. The Morgan fingerprint density at radius 1 is 1.18 bits per heavy atom. The summed E-state index contributed by atoms with van der Waals surface area (Å²) in [4.78, 5) is 28.2. The van der Waals surface area contributed by atoms with Crippen molar-refractivity contribution in [1.29, 1.82) is 0 Å². The summed E-state index contributed by atoms with van der Waals surface area (Å²) in [5.41, 5.74) is 3.04. The van der Waals surface area contributed by atoms with Crippen molar-refractivity contribution in [2.24, 2.45) is 0 Å². The predicted octanol–water partition coefficient (Wildman–Crippen LogP) is 3.92. The first-order chi connectivity index (χ1) is 13.5. The average Bonchev–Trinajstić information content (AvgIpc) is 3.17. The monoisotopic (exact) mass is 414 g/mol. The van der Waals surface area contributed by atoms with Gasteiger partial charge in [0.15, 0.2) is 5.16 Å². The van der Waals surface area contributed by atoms with E-state index in [4.69, 9.17) is 11.6 Å². The van der Waals surface area contributed by atoms with Crippen LogP contribution < -0.4 is 10.6 Å². The van der Waals surface area contributed by atoms with Crippen LogP contribution >= 0.6 is 23.4 Å². The van der Waals surface area contributed by atoms with Crippen molar-refractivity contribution in [2.45, 2.75) is 12.1 Å². The molecule has 3 aromatic rings. The molecule has 1 aromatic heterocycles. The molecule has 8 heteroatoms. The molecule has 2 N–H and O–H groups in total. The number of benzene rings is 2. The van der Waals surface area contributed by atoms with Crippen LogP contribution in [0.4, 0.5) is 5.69 Å². The maximum absolute atomic E-state index is 12.3. The lowest BCUT2D eigenvalue weighted by molar-refractivity contribution is -0.113. The highest BCUT2D eigenvalue weighted by molar-refractivity contribution is 7.99. The molecule has 0 aliphatic heterocycles. The molecule has 0 aliphatic rings. The summed E-state index contributed by atoms with van der Waals surface area (Å²) in [7, 11) is 1.57. The quantitative estimate of drug-likeness (QED) is 0.599. The lowest BCUT2D eigenvalue weighted by Crippen LogP contribution is -2.18. The van der Waals surface area contributed by atoms with Crippen LogP contribution in [0.5, 0.6) is 0 Å². The Balaban J connectivity index is 1.64. The van der Waals surface area contributed by atoms with Gasteiger partial charge in [-0.15, -0.1) is 0 Å². The van der Waals surface area contributed by atoms with Crippen LogP contribution in [0.25, 0.3) is 5.69 Å². The zero-order chi connectivity index (χ0) is 20.1. The van der Waals surface area contributed by atoms with Gasteiger partial charge in [0.1, 0.15) is 0 Å². The zero-order valence-corrected chi connectivity index (χ0v) is 17.0. The third-order valence-electron chi connectivity index (χ3n) is 4.10. The van der Waals surface area contributed by atoms with Crippen molar-refractivity contribution in [3.8, 4) is 5.69 Å². The summed E-state index contributed by atoms with van der Waals surface area (Å²) in [5, 5.41) is 6.76. The van der Waals surface area contributed by atoms with Gasteiger partial charge in [0.25, 0.3) is 5.91 Å². The second kappa shape index (κ2) is 8.95. The third kappa shape index (κ3) is 4.55. The van der Waals surface area contributed by atoms with Crippen LogP contribution in [0.1, 0.15) is 15.9 Å². The van der Waals surface area contributed by atoms with Crippen LogP contribution in [0.3, 0.4) is 0 Å². The van der Waals surface area contributed by atoms with Crippen LogP contribution in [-0.4, -0.2) is 34.2 Å². The Labute approximate surface area is 172 Å². The highest BCUT2D eigenvalue weighted by atomic mass is 35.5. The average molecular weight is 415 g/mol. The molecule has 0 atom stereocenters. The molecule has 2 aromatic carbocycles. The van der Waals surface area contributed by atoms with Gasteiger partial charge in [0, 0.05) is 35.7 Å². The van der Waals surface area contributed by atoms with E-state index in [9.17, 15) is 9.59 Å². The highest BCUT2D eigenvalue weighted by Gasteiger charge is 2.12. The van der Waals surface area contributed by atoms with Crippen molar-refractivity contribution in [3.05, 3.63) is 71.0 Å². The molecular formula is C20H19ClN4O2S. The summed E-state index contributed by atoms with van der Waals surface area (Å²) in [6.07, 6.45) is 3.54. The lowest BCUT2D eigenvalue weighted by Gasteiger charge is -2.11. The van der Waals surface area contributed by atoms with Gasteiger partial charge in [-0.1, -0.05) is 29.4 Å². The number of imidazole rings is 1. The Morgan fingerprint density at radius 2 is 1.93 bits per heavy atom. The molecule has 0 spiro atoms. The fourth-order valence-electron chi connectivity index (χ4n) is 2.61. The number of aromatic nitrogens is 2. The highest BCUT2D eigenvalue weighted by Crippen LogP contribution is 2.26. The van der Waals surface area contributed by atoms with Crippen LogP contribution in [0, 0.1) is 6.92 Å². The van der Waals surface area contributed by atoms with E-state index in [2.05, 4.69) is 15.6 Å². The van der Waals surface area contributed by atoms with E-state index in [1.165, 1.54) is 11.8 Å². The van der Waals surface area contributed by atoms with Gasteiger partial charge >= 0.3 is 0 Å². The minimum absolute atomic E-state index is 0.157. The first kappa shape index (κ1) is 20.0. The minimum Gasteiger partial charge on any atom is -0.355 e. The molecule has 28 heavy (non-hydrogen) atoms. The number of nitrogens with zero attached hydrogens (tertiary/aromatic N) is 2. The molecule has 0 fully saturated rings. The molecule has 0 radical (unpaired) electrons. The Kier molecular flexibility index (Phi) is 6.38. The number of hydrogen-bond acceptors (Lipinski definition) is 4. The largest absolute Gasteiger partial charge is 0.355 e. The van der Waals surface area contributed by atoms with Crippen molar-refractivity contribution in [1.82, 2.24) is 14.9 Å². The fourth-order valence-corrected chi connectivity index (χ4v) is 3.55. The van der Waals surface area contributed by atoms with Gasteiger partial charge in [-0.05, 0) is 48.9 Å². The van der Waals surface area contributed by atoms with Crippen LogP contribution in [0.2, 0.25) is 5.02 Å². The minimum atomic E-state index is -0.170. The topological polar surface area (TPSA) is 76.0 Å². The smallest absolute Gasteiger partial charge is 0.251 e. The molecule has 0 bridgehead atoms. The summed E-state index contributed by atoms with van der Waals surface area (Å²) in [5.74, 6) is -0.125. The second-order valence-electron chi connectivity index (χ2n) is 5.96. The third-order valence-corrected chi connectivity index (χ3v) is 5.47. The number of amides is 2. The van der Waals surface area contributed by atoms with E-state index < -0.39 is 0 Å². The van der Waals surface area contributed by atoms with Gasteiger partial charge in [0.2, 0.25) is 5.91 Å². The molecule has 1 heterocycles. The van der Waals surface area contributed by atoms with Crippen molar-refractivity contribution < 1.29 is 9.59 Å². The van der Waals surface area contributed by atoms with Crippen molar-refractivity contribution >= 4 is 40.9 Å². The molecular weight excluding hydrogens is 396 g/mol. The summed E-state index contributed by atoms with van der Waals surface area (Å²) in [6, 6.07) is 12.4. The summed E-state index contributed by atoms with van der Waals surface area (Å²) in [6.45, 7) is 1.95. The number of thioether (sulfide) groups is 1. The zero-order valence-electron chi connectivity index (χ0n) is 15.4. The van der Waals surface area contributed by atoms with Crippen molar-refractivity contribution in [3.63, 3.8) is 0 Å². The van der Waals surface area contributed by atoms with Crippen molar-refractivity contribution in [2.75, 3.05) is 18.1 Å². The molecule has 144 valence electrons. The maximum atomic E-state index is 12.3. The molecule has 3 rings (SSSR count). The summed E-state index contributed by atoms with van der Waals surface area (Å²) < 4.78 is 1.91. The van der Waals surface area contributed by atoms with E-state index in [0.29, 0.717) is 21.4 Å². The molecule has 0 unspecified atom stereocenters. The van der Waals surface area contributed by atoms with E-state index in [0.717, 1.165) is 11.3 Å². The molecule has 0 aliphatic carbocycles. The number of rotatable bonds is 6. The Bertz CT molecular complexity index is 1000. The molecule has 0 saturated heterocycles. The number of hydrogen-bond donors (Lipinski definition) is 2. The number of anilines is 1. The van der Waals surface area contributed by atoms with E-state index in [-0.39, 0.29) is 17.6 Å². The van der Waals surface area contributed by atoms with E-state index in [1.54, 1.807) is 37.5 Å². The molecule has 6 nitrogen and oxygen atoms in total. The predicted molar refractivity (Wildman–Crippen MR) is 112 cm³/mol.